The summed E-state index contributed by atoms with van der Waals surface area (Å²) in [4.78, 5) is 16.4. The molecule has 0 aliphatic carbocycles. The molecule has 25 heavy (non-hydrogen) atoms. The summed E-state index contributed by atoms with van der Waals surface area (Å²) >= 11 is 1.75. The Bertz CT molecular complexity index is 916. The van der Waals surface area contributed by atoms with E-state index in [-0.39, 0.29) is 17.8 Å². The molecule has 3 aromatic rings. The molecule has 4 rings (SSSR count). The lowest BCUT2D eigenvalue weighted by Crippen LogP contribution is -2.40. The number of hydrogen-bond acceptors (Lipinski definition) is 2. The molecule has 0 saturated heterocycles. The molecule has 0 N–H and O–H groups in total. The second-order valence-electron chi connectivity index (χ2n) is 6.31. The highest BCUT2D eigenvalue weighted by Crippen LogP contribution is 2.39. The Labute approximate surface area is 150 Å². The standard InChI is InChI=1S/C21H18FNOS/c1-14-4-2-3-5-17(14)20-18-11-13-25-19(18)10-12-23(20)21(24)15-6-8-16(22)9-7-15/h2-9,11,13,20H,10,12H2,1H3. The molecule has 2 nitrogen and oxygen atoms in total. The molecule has 0 spiro atoms. The molecular weight excluding hydrogens is 333 g/mol. The highest BCUT2D eigenvalue weighted by Gasteiger charge is 2.33. The zero-order valence-corrected chi connectivity index (χ0v) is 14.7. The summed E-state index contributed by atoms with van der Waals surface area (Å²) in [5, 5.41) is 2.10. The van der Waals surface area contributed by atoms with Crippen molar-refractivity contribution in [3.8, 4) is 0 Å². The summed E-state index contributed by atoms with van der Waals surface area (Å²) < 4.78 is 13.2. The fraction of sp³-hybridized carbons (Fsp3) is 0.190. The van der Waals surface area contributed by atoms with Crippen LogP contribution in [-0.4, -0.2) is 17.4 Å². The quantitative estimate of drug-likeness (QED) is 0.637. The molecule has 1 amide bonds. The highest BCUT2D eigenvalue weighted by molar-refractivity contribution is 7.10. The van der Waals surface area contributed by atoms with Gasteiger partial charge < -0.3 is 4.90 Å². The molecule has 1 atom stereocenters. The molecule has 2 heterocycles. The van der Waals surface area contributed by atoms with Gasteiger partial charge in [-0.3, -0.25) is 4.79 Å². The van der Waals surface area contributed by atoms with Crippen LogP contribution in [0.3, 0.4) is 0 Å². The largest absolute Gasteiger partial charge is 0.327 e. The van der Waals surface area contributed by atoms with Gasteiger partial charge in [-0.2, -0.15) is 0 Å². The Morgan fingerprint density at radius 1 is 1.08 bits per heavy atom. The number of benzene rings is 2. The van der Waals surface area contributed by atoms with Crippen LogP contribution in [-0.2, 0) is 6.42 Å². The monoisotopic (exact) mass is 351 g/mol. The molecule has 126 valence electrons. The fourth-order valence-electron chi connectivity index (χ4n) is 3.52. The molecule has 0 bridgehead atoms. The summed E-state index contributed by atoms with van der Waals surface area (Å²) in [6.45, 7) is 2.75. The van der Waals surface area contributed by atoms with Crippen LogP contribution in [0.1, 0.15) is 38.0 Å². The number of nitrogens with zero attached hydrogens (tertiary/aromatic N) is 1. The van der Waals surface area contributed by atoms with Crippen molar-refractivity contribution in [1.29, 1.82) is 0 Å². The first-order valence-corrected chi connectivity index (χ1v) is 9.21. The van der Waals surface area contributed by atoms with Gasteiger partial charge in [0.25, 0.3) is 5.91 Å². The molecule has 0 saturated carbocycles. The number of carbonyl (C=O) groups is 1. The Morgan fingerprint density at radius 3 is 2.60 bits per heavy atom. The number of aryl methyl sites for hydroxylation is 1. The van der Waals surface area contributed by atoms with Crippen molar-refractivity contribution >= 4 is 17.2 Å². The summed E-state index contributed by atoms with van der Waals surface area (Å²) in [5.41, 5.74) is 4.06. The fourth-order valence-corrected chi connectivity index (χ4v) is 4.43. The minimum Gasteiger partial charge on any atom is -0.327 e. The topological polar surface area (TPSA) is 20.3 Å². The molecular formula is C21H18FNOS. The van der Waals surface area contributed by atoms with Gasteiger partial charge in [-0.1, -0.05) is 24.3 Å². The summed E-state index contributed by atoms with van der Waals surface area (Å²) in [6.07, 6.45) is 0.863. The molecule has 1 aromatic heterocycles. The van der Waals surface area contributed by atoms with Crippen molar-refractivity contribution in [2.75, 3.05) is 6.54 Å². The van der Waals surface area contributed by atoms with Gasteiger partial charge in [-0.15, -0.1) is 11.3 Å². The maximum absolute atomic E-state index is 13.2. The average molecular weight is 351 g/mol. The number of amides is 1. The molecule has 4 heteroatoms. The second-order valence-corrected chi connectivity index (χ2v) is 7.31. The van der Waals surface area contributed by atoms with E-state index < -0.39 is 0 Å². The number of rotatable bonds is 2. The van der Waals surface area contributed by atoms with Crippen molar-refractivity contribution < 1.29 is 9.18 Å². The Morgan fingerprint density at radius 2 is 1.84 bits per heavy atom. The Balaban J connectivity index is 1.79. The maximum Gasteiger partial charge on any atom is 0.254 e. The first-order chi connectivity index (χ1) is 12.1. The minimum atomic E-state index is -0.328. The van der Waals surface area contributed by atoms with Gasteiger partial charge in [-0.25, -0.2) is 4.39 Å². The van der Waals surface area contributed by atoms with E-state index in [1.54, 1.807) is 23.5 Å². The molecule has 2 aromatic carbocycles. The smallest absolute Gasteiger partial charge is 0.254 e. The van der Waals surface area contributed by atoms with E-state index in [4.69, 9.17) is 0 Å². The van der Waals surface area contributed by atoms with Crippen LogP contribution in [0, 0.1) is 12.7 Å². The summed E-state index contributed by atoms with van der Waals surface area (Å²) in [7, 11) is 0. The van der Waals surface area contributed by atoms with Crippen LogP contribution in [0.2, 0.25) is 0 Å². The van der Waals surface area contributed by atoms with Crippen molar-refractivity contribution in [1.82, 2.24) is 4.90 Å². The van der Waals surface area contributed by atoms with Crippen LogP contribution >= 0.6 is 11.3 Å². The maximum atomic E-state index is 13.2. The third-order valence-electron chi connectivity index (χ3n) is 4.80. The lowest BCUT2D eigenvalue weighted by molar-refractivity contribution is 0.0695. The van der Waals surface area contributed by atoms with E-state index in [0.29, 0.717) is 12.1 Å². The normalized spacial score (nSPS) is 16.6. The van der Waals surface area contributed by atoms with E-state index >= 15 is 0 Å². The van der Waals surface area contributed by atoms with Crippen LogP contribution in [0.4, 0.5) is 4.39 Å². The zero-order chi connectivity index (χ0) is 17.4. The number of thiophene rings is 1. The average Bonchev–Trinajstić information content (AvgIpc) is 3.10. The van der Waals surface area contributed by atoms with Gasteiger partial charge in [-0.05, 0) is 65.7 Å². The molecule has 1 aliphatic rings. The van der Waals surface area contributed by atoms with Crippen LogP contribution < -0.4 is 0 Å². The number of carbonyl (C=O) groups excluding carboxylic acids is 1. The zero-order valence-electron chi connectivity index (χ0n) is 13.9. The van der Waals surface area contributed by atoms with Crippen LogP contribution in [0.25, 0.3) is 0 Å². The van der Waals surface area contributed by atoms with Gasteiger partial charge in [0.1, 0.15) is 5.82 Å². The van der Waals surface area contributed by atoms with Crippen LogP contribution in [0.15, 0.2) is 60.0 Å². The molecule has 1 unspecified atom stereocenters. The van der Waals surface area contributed by atoms with E-state index in [1.807, 2.05) is 17.0 Å². The predicted molar refractivity (Wildman–Crippen MR) is 98.5 cm³/mol. The molecule has 0 fully saturated rings. The first kappa shape index (κ1) is 16.0. The second kappa shape index (κ2) is 6.45. The van der Waals surface area contributed by atoms with Gasteiger partial charge in [0.15, 0.2) is 0 Å². The summed E-state index contributed by atoms with van der Waals surface area (Å²) in [6, 6.07) is 16.1. The number of fused-ring (bicyclic) bond motifs is 1. The van der Waals surface area contributed by atoms with Crippen molar-refractivity contribution in [2.24, 2.45) is 0 Å². The molecule has 0 radical (unpaired) electrons. The summed E-state index contributed by atoms with van der Waals surface area (Å²) in [5.74, 6) is -0.379. The first-order valence-electron chi connectivity index (χ1n) is 8.33. The molecule has 1 aliphatic heterocycles. The van der Waals surface area contributed by atoms with Gasteiger partial charge in [0.2, 0.25) is 0 Å². The Kier molecular flexibility index (Phi) is 4.14. The lowest BCUT2D eigenvalue weighted by Gasteiger charge is -2.37. The lowest BCUT2D eigenvalue weighted by atomic mass is 9.90. The van der Waals surface area contributed by atoms with Crippen molar-refractivity contribution in [2.45, 2.75) is 19.4 Å². The van der Waals surface area contributed by atoms with Crippen LogP contribution in [0.5, 0.6) is 0 Å². The third kappa shape index (κ3) is 2.87. The van der Waals surface area contributed by atoms with E-state index in [9.17, 15) is 9.18 Å². The van der Waals surface area contributed by atoms with E-state index in [0.717, 1.165) is 12.0 Å². The van der Waals surface area contributed by atoms with E-state index in [1.165, 1.54) is 28.1 Å². The van der Waals surface area contributed by atoms with Gasteiger partial charge in [0, 0.05) is 17.0 Å². The van der Waals surface area contributed by atoms with Crippen molar-refractivity contribution in [3.63, 3.8) is 0 Å². The number of hydrogen-bond donors (Lipinski definition) is 0. The highest BCUT2D eigenvalue weighted by atomic mass is 32.1. The van der Waals surface area contributed by atoms with E-state index in [2.05, 4.69) is 30.5 Å². The predicted octanol–water partition coefficient (Wildman–Crippen LogP) is 4.98. The SMILES string of the molecule is Cc1ccccc1C1c2ccsc2CCN1C(=O)c1ccc(F)cc1. The Hall–Kier alpha value is -2.46. The number of halogens is 1. The van der Waals surface area contributed by atoms with Crippen molar-refractivity contribution in [3.05, 3.63) is 92.9 Å². The van der Waals surface area contributed by atoms with Gasteiger partial charge in [0.05, 0.1) is 6.04 Å². The third-order valence-corrected chi connectivity index (χ3v) is 5.80. The van der Waals surface area contributed by atoms with Gasteiger partial charge >= 0.3 is 0 Å². The minimum absolute atomic E-state index is 0.0508.